The number of esters is 1. The van der Waals surface area contributed by atoms with Gasteiger partial charge in [-0.25, -0.2) is 4.79 Å². The predicted molar refractivity (Wildman–Crippen MR) is 91.4 cm³/mol. The summed E-state index contributed by atoms with van der Waals surface area (Å²) in [5.74, 6) is 0.644. The number of hydrogen-bond donors (Lipinski definition) is 2. The van der Waals surface area contributed by atoms with Gasteiger partial charge in [-0.1, -0.05) is 0 Å². The average molecular weight is 363 g/mol. The van der Waals surface area contributed by atoms with Crippen molar-refractivity contribution >= 4 is 23.6 Å². The molecule has 1 saturated heterocycles. The molecule has 1 fully saturated rings. The molecule has 1 atom stereocenters. The quantitative estimate of drug-likeness (QED) is 0.735. The number of nitrogens with zero attached hydrogens (tertiary/aromatic N) is 1. The van der Waals surface area contributed by atoms with Crippen LogP contribution in [0.25, 0.3) is 0 Å². The van der Waals surface area contributed by atoms with Crippen molar-refractivity contribution < 1.29 is 28.6 Å². The first-order chi connectivity index (χ1) is 12.6. The second-order valence-corrected chi connectivity index (χ2v) is 5.87. The summed E-state index contributed by atoms with van der Waals surface area (Å²) in [6.07, 6.45) is 0.182. The van der Waals surface area contributed by atoms with Gasteiger partial charge in [0.25, 0.3) is 0 Å². The summed E-state index contributed by atoms with van der Waals surface area (Å²) in [7, 11) is 0. The van der Waals surface area contributed by atoms with Crippen LogP contribution in [0.15, 0.2) is 18.2 Å². The summed E-state index contributed by atoms with van der Waals surface area (Å²) in [5.41, 5.74) is 0.690. The number of nitrogens with one attached hydrogen (secondary N) is 2. The first kappa shape index (κ1) is 17.8. The van der Waals surface area contributed by atoms with Gasteiger partial charge in [-0.3, -0.25) is 9.59 Å². The Bertz CT molecular complexity index is 708. The minimum atomic E-state index is -0.514. The van der Waals surface area contributed by atoms with Crippen LogP contribution in [0.2, 0.25) is 0 Å². The third-order valence-corrected chi connectivity index (χ3v) is 4.00. The molecule has 9 heteroatoms. The van der Waals surface area contributed by atoms with Crippen LogP contribution >= 0.6 is 0 Å². The van der Waals surface area contributed by atoms with Crippen LogP contribution in [-0.4, -0.2) is 56.9 Å². The second kappa shape index (κ2) is 7.94. The van der Waals surface area contributed by atoms with Crippen LogP contribution in [-0.2, 0) is 14.3 Å². The van der Waals surface area contributed by atoms with Crippen molar-refractivity contribution in [2.45, 2.75) is 19.4 Å². The molecule has 0 spiro atoms. The Kier molecular flexibility index (Phi) is 5.45. The molecule has 0 saturated carbocycles. The maximum atomic E-state index is 12.3. The highest BCUT2D eigenvalue weighted by atomic mass is 16.6. The molecule has 0 bridgehead atoms. The number of hydrogen-bond acceptors (Lipinski definition) is 6. The predicted octanol–water partition coefficient (Wildman–Crippen LogP) is 0.425. The zero-order valence-electron chi connectivity index (χ0n) is 14.4. The summed E-state index contributed by atoms with van der Waals surface area (Å²) in [6, 6.07) is 4.45. The number of rotatable bonds is 5. The summed E-state index contributed by atoms with van der Waals surface area (Å²) in [6.45, 7) is 3.03. The fraction of sp³-hybridized carbons (Fsp3) is 0.471. The van der Waals surface area contributed by atoms with Gasteiger partial charge in [-0.15, -0.1) is 0 Å². The third kappa shape index (κ3) is 4.16. The average Bonchev–Trinajstić information content (AvgIpc) is 3.00. The van der Waals surface area contributed by atoms with E-state index in [0.29, 0.717) is 36.9 Å². The molecule has 1 aromatic carbocycles. The molecule has 9 nitrogen and oxygen atoms in total. The molecule has 2 heterocycles. The molecule has 3 amide bonds. The standard InChI is InChI=1S/C17H21N3O6/c1-2-24-16(22)9-18-17(23)19-11-7-15(21)20(10-11)12-3-4-13-14(8-12)26-6-5-25-13/h3-4,8,11H,2,5-7,9-10H2,1H3,(H2,18,19,23). The van der Waals surface area contributed by atoms with E-state index in [1.807, 2.05) is 0 Å². The summed E-state index contributed by atoms with van der Waals surface area (Å²) in [4.78, 5) is 37.0. The summed E-state index contributed by atoms with van der Waals surface area (Å²) >= 11 is 0. The summed E-state index contributed by atoms with van der Waals surface area (Å²) in [5, 5.41) is 5.11. The first-order valence-corrected chi connectivity index (χ1v) is 8.47. The smallest absolute Gasteiger partial charge is 0.325 e. The molecule has 0 aliphatic carbocycles. The highest BCUT2D eigenvalue weighted by molar-refractivity contribution is 5.97. The Morgan fingerprint density at radius 3 is 2.81 bits per heavy atom. The lowest BCUT2D eigenvalue weighted by molar-refractivity contribution is -0.141. The van der Waals surface area contributed by atoms with E-state index in [1.165, 1.54) is 0 Å². The highest BCUT2D eigenvalue weighted by Crippen LogP contribution is 2.35. The molecule has 26 heavy (non-hydrogen) atoms. The Balaban J connectivity index is 1.55. The van der Waals surface area contributed by atoms with E-state index in [4.69, 9.17) is 14.2 Å². The van der Waals surface area contributed by atoms with Crippen molar-refractivity contribution in [2.75, 3.05) is 37.8 Å². The van der Waals surface area contributed by atoms with E-state index in [-0.39, 0.29) is 31.5 Å². The molecule has 1 aromatic rings. The first-order valence-electron chi connectivity index (χ1n) is 8.47. The van der Waals surface area contributed by atoms with Crippen LogP contribution in [0.4, 0.5) is 10.5 Å². The Morgan fingerprint density at radius 2 is 2.04 bits per heavy atom. The zero-order valence-corrected chi connectivity index (χ0v) is 14.4. The van der Waals surface area contributed by atoms with Crippen molar-refractivity contribution in [3.05, 3.63) is 18.2 Å². The molecule has 2 aliphatic heterocycles. The maximum absolute atomic E-state index is 12.3. The van der Waals surface area contributed by atoms with Crippen molar-refractivity contribution in [3.63, 3.8) is 0 Å². The van der Waals surface area contributed by atoms with Crippen LogP contribution in [0.5, 0.6) is 11.5 Å². The normalized spacial score (nSPS) is 18.4. The van der Waals surface area contributed by atoms with Crippen LogP contribution in [0.1, 0.15) is 13.3 Å². The Morgan fingerprint density at radius 1 is 1.27 bits per heavy atom. The van der Waals surface area contributed by atoms with Crippen molar-refractivity contribution in [1.29, 1.82) is 0 Å². The van der Waals surface area contributed by atoms with Crippen molar-refractivity contribution in [3.8, 4) is 11.5 Å². The molecule has 0 radical (unpaired) electrons. The monoisotopic (exact) mass is 363 g/mol. The van der Waals surface area contributed by atoms with E-state index in [1.54, 1.807) is 30.0 Å². The van der Waals surface area contributed by atoms with E-state index < -0.39 is 12.0 Å². The van der Waals surface area contributed by atoms with Gasteiger partial charge in [0, 0.05) is 24.7 Å². The van der Waals surface area contributed by atoms with E-state index in [2.05, 4.69) is 10.6 Å². The molecular formula is C17H21N3O6. The van der Waals surface area contributed by atoms with Gasteiger partial charge < -0.3 is 29.7 Å². The van der Waals surface area contributed by atoms with Gasteiger partial charge >= 0.3 is 12.0 Å². The van der Waals surface area contributed by atoms with E-state index >= 15 is 0 Å². The molecule has 3 rings (SSSR count). The van der Waals surface area contributed by atoms with Crippen molar-refractivity contribution in [1.82, 2.24) is 10.6 Å². The molecule has 0 aromatic heterocycles. The molecular weight excluding hydrogens is 342 g/mol. The minimum Gasteiger partial charge on any atom is -0.486 e. The second-order valence-electron chi connectivity index (χ2n) is 5.87. The van der Waals surface area contributed by atoms with E-state index in [9.17, 15) is 14.4 Å². The fourth-order valence-corrected chi connectivity index (χ4v) is 2.85. The van der Waals surface area contributed by atoms with Gasteiger partial charge in [0.2, 0.25) is 5.91 Å². The molecule has 2 aliphatic rings. The lowest BCUT2D eigenvalue weighted by Gasteiger charge is -2.22. The number of anilines is 1. The van der Waals surface area contributed by atoms with Gasteiger partial charge in [-0.05, 0) is 19.1 Å². The van der Waals surface area contributed by atoms with Crippen LogP contribution in [0.3, 0.4) is 0 Å². The molecule has 2 N–H and O–H groups in total. The molecule has 140 valence electrons. The maximum Gasteiger partial charge on any atom is 0.325 e. The number of carbonyl (C=O) groups excluding carboxylic acids is 3. The van der Waals surface area contributed by atoms with Crippen LogP contribution in [0, 0.1) is 0 Å². The number of fused-ring (bicyclic) bond motifs is 1. The Labute approximate surface area is 150 Å². The van der Waals surface area contributed by atoms with Gasteiger partial charge in [0.15, 0.2) is 11.5 Å². The number of urea groups is 1. The fourth-order valence-electron chi connectivity index (χ4n) is 2.85. The SMILES string of the molecule is CCOC(=O)CNC(=O)NC1CC(=O)N(c2ccc3c(c2)OCCO3)C1. The number of carbonyl (C=O) groups is 3. The zero-order chi connectivity index (χ0) is 18.5. The van der Waals surface area contributed by atoms with Gasteiger partial charge in [0.1, 0.15) is 19.8 Å². The van der Waals surface area contributed by atoms with Crippen LogP contribution < -0.4 is 25.0 Å². The largest absolute Gasteiger partial charge is 0.486 e. The van der Waals surface area contributed by atoms with Crippen molar-refractivity contribution in [2.24, 2.45) is 0 Å². The number of benzene rings is 1. The third-order valence-electron chi connectivity index (χ3n) is 4.00. The lowest BCUT2D eigenvalue weighted by atomic mass is 10.2. The lowest BCUT2D eigenvalue weighted by Crippen LogP contribution is -2.45. The topological polar surface area (TPSA) is 106 Å². The molecule has 1 unspecified atom stereocenters. The van der Waals surface area contributed by atoms with Gasteiger partial charge in [-0.2, -0.15) is 0 Å². The summed E-state index contributed by atoms with van der Waals surface area (Å²) < 4.78 is 15.7. The number of ether oxygens (including phenoxy) is 3. The minimum absolute atomic E-state index is 0.0997. The number of amides is 3. The Hall–Kier alpha value is -2.97. The highest BCUT2D eigenvalue weighted by Gasteiger charge is 2.32. The van der Waals surface area contributed by atoms with E-state index in [0.717, 1.165) is 0 Å². The van der Waals surface area contributed by atoms with Gasteiger partial charge in [0.05, 0.1) is 12.6 Å².